The number of aliphatic hydroxyl groups excluding tert-OH is 2. The summed E-state index contributed by atoms with van der Waals surface area (Å²) in [4.78, 5) is 60.6. The van der Waals surface area contributed by atoms with Crippen LogP contribution in [0.2, 0.25) is 0 Å². The van der Waals surface area contributed by atoms with Crippen LogP contribution in [0.4, 0.5) is 0 Å². The van der Waals surface area contributed by atoms with E-state index in [2.05, 4.69) is 11.1 Å². The average molecular weight is 988 g/mol. The van der Waals surface area contributed by atoms with Gasteiger partial charge in [-0.1, -0.05) is 39.0 Å². The fourth-order valence-corrected chi connectivity index (χ4v) is 10.3. The van der Waals surface area contributed by atoms with E-state index in [4.69, 9.17) is 37.9 Å². The van der Waals surface area contributed by atoms with Crippen LogP contribution in [0.25, 0.3) is 10.9 Å². The Balaban J connectivity index is 1.43. The number of methoxy groups -OCH3 is 1. The molecule has 3 saturated heterocycles. The minimum atomic E-state index is -1.50. The van der Waals surface area contributed by atoms with Gasteiger partial charge < -0.3 is 67.8 Å². The molecule has 16 atom stereocenters. The van der Waals surface area contributed by atoms with Gasteiger partial charge in [0.25, 0.3) is 0 Å². The molecule has 4 heterocycles. The van der Waals surface area contributed by atoms with Crippen molar-refractivity contribution in [2.24, 2.45) is 11.8 Å². The molecule has 5 unspecified atom stereocenters. The number of carbonyl (C=O) groups is 4. The van der Waals surface area contributed by atoms with Gasteiger partial charge in [0.2, 0.25) is 0 Å². The number of hydrogen-bond acceptors (Lipinski definition) is 18. The Morgan fingerprint density at radius 2 is 1.71 bits per heavy atom. The monoisotopic (exact) mass is 988 g/mol. The van der Waals surface area contributed by atoms with E-state index in [1.807, 2.05) is 49.3 Å². The summed E-state index contributed by atoms with van der Waals surface area (Å²) in [6.45, 7) is 11.2. The van der Waals surface area contributed by atoms with E-state index in [-0.39, 0.29) is 38.0 Å². The number of carbonyl (C=O) groups excluding carboxylic acids is 4. The average Bonchev–Trinajstić information content (AvgIpc) is 3.30. The number of rotatable bonds is 16. The third-order valence-corrected chi connectivity index (χ3v) is 14.1. The Hall–Kier alpha value is -3.69. The number of likely N-dealkylation sites (N-methyl/N-ethyl adjacent to an activating group) is 2. The van der Waals surface area contributed by atoms with Crippen LogP contribution in [0.3, 0.4) is 0 Å². The Labute approximate surface area is 413 Å². The van der Waals surface area contributed by atoms with Gasteiger partial charge in [-0.05, 0) is 117 Å². The molecule has 3 aliphatic heterocycles. The van der Waals surface area contributed by atoms with Crippen LogP contribution >= 0.6 is 0 Å². The zero-order valence-corrected chi connectivity index (χ0v) is 43.0. The first kappa shape index (κ1) is 57.2. The molecule has 1 aromatic heterocycles. The van der Waals surface area contributed by atoms with E-state index in [0.717, 1.165) is 29.2 Å². The molecule has 0 saturated carbocycles. The number of pyridine rings is 1. The van der Waals surface area contributed by atoms with Gasteiger partial charge in [0.05, 0.1) is 42.4 Å². The van der Waals surface area contributed by atoms with Gasteiger partial charge in [-0.25, -0.2) is 0 Å². The van der Waals surface area contributed by atoms with Gasteiger partial charge in [-0.15, -0.1) is 0 Å². The van der Waals surface area contributed by atoms with Crippen molar-refractivity contribution in [3.63, 3.8) is 0 Å². The number of aryl methyl sites for hydroxylation is 1. The lowest BCUT2D eigenvalue weighted by molar-refractivity contribution is -0.344. The van der Waals surface area contributed by atoms with Gasteiger partial charge in [-0.2, -0.15) is 0 Å². The Morgan fingerprint density at radius 1 is 1.00 bits per heavy atom. The zero-order chi connectivity index (χ0) is 51.3. The van der Waals surface area contributed by atoms with Crippen molar-refractivity contribution in [3.8, 4) is 0 Å². The number of para-hydroxylation sites is 1. The highest BCUT2D eigenvalue weighted by molar-refractivity contribution is 5.78. The molecule has 3 fully saturated rings. The first-order valence-corrected chi connectivity index (χ1v) is 25.2. The minimum Gasteiger partial charge on any atom is -0.462 e. The maximum Gasteiger partial charge on any atom is 0.309 e. The van der Waals surface area contributed by atoms with E-state index < -0.39 is 116 Å². The number of benzene rings is 1. The maximum absolute atomic E-state index is 14.2. The predicted octanol–water partition coefficient (Wildman–Crippen LogP) is 4.53. The molecule has 3 N–H and O–H groups in total. The Kier molecular flexibility index (Phi) is 21.9. The van der Waals surface area contributed by atoms with Crippen LogP contribution in [0.15, 0.2) is 36.5 Å². The number of β-amino-alcohol motifs (C(OH)–C–C–N with tert-alkyl or cyclic N) is 1. The van der Waals surface area contributed by atoms with E-state index in [1.54, 1.807) is 53.6 Å². The predicted molar refractivity (Wildman–Crippen MR) is 258 cm³/mol. The molecule has 0 bridgehead atoms. The van der Waals surface area contributed by atoms with Crippen molar-refractivity contribution < 1.29 is 72.4 Å². The normalized spacial score (nSPS) is 35.5. The molecular formula is C52H81N3O15. The topological polar surface area (TPSA) is 222 Å². The summed E-state index contributed by atoms with van der Waals surface area (Å²) < 4.78 is 49.9. The first-order chi connectivity index (χ1) is 33.3. The maximum atomic E-state index is 14.2. The number of nitrogens with zero attached hydrogens (tertiary/aromatic N) is 3. The summed E-state index contributed by atoms with van der Waals surface area (Å²) in [5.41, 5.74) is 0.484. The molecule has 1 aromatic carbocycles. The summed E-state index contributed by atoms with van der Waals surface area (Å²) in [6, 6.07) is 9.26. The van der Waals surface area contributed by atoms with Crippen LogP contribution in [0, 0.1) is 11.8 Å². The molecule has 3 aliphatic rings. The number of aldehydes is 1. The molecule has 18 nitrogen and oxygen atoms in total. The number of aromatic nitrogens is 1. The lowest BCUT2D eigenvalue weighted by Crippen LogP contribution is -2.66. The van der Waals surface area contributed by atoms with Crippen molar-refractivity contribution in [2.45, 2.75) is 197 Å². The van der Waals surface area contributed by atoms with Crippen molar-refractivity contribution in [3.05, 3.63) is 42.1 Å². The Morgan fingerprint density at radius 3 is 2.39 bits per heavy atom. The summed E-state index contributed by atoms with van der Waals surface area (Å²) in [5, 5.41) is 36.4. The second-order valence-electron chi connectivity index (χ2n) is 20.1. The summed E-state index contributed by atoms with van der Waals surface area (Å²) in [5.74, 6) is -2.75. The highest BCUT2D eigenvalue weighted by atomic mass is 16.7. The van der Waals surface area contributed by atoms with E-state index in [9.17, 15) is 34.5 Å². The molecule has 2 aromatic rings. The first-order valence-electron chi connectivity index (χ1n) is 25.2. The van der Waals surface area contributed by atoms with Crippen LogP contribution in [-0.2, 0) is 63.5 Å². The number of fused-ring (bicyclic) bond motifs is 1. The fraction of sp³-hybridized carbons (Fsp3) is 0.750. The highest BCUT2D eigenvalue weighted by Gasteiger charge is 2.53. The largest absolute Gasteiger partial charge is 0.462 e. The molecule has 70 heavy (non-hydrogen) atoms. The minimum absolute atomic E-state index is 0.00833. The van der Waals surface area contributed by atoms with Crippen LogP contribution < -0.4 is 0 Å². The van der Waals surface area contributed by atoms with Crippen molar-refractivity contribution in [1.82, 2.24) is 14.8 Å². The highest BCUT2D eigenvalue weighted by Crippen LogP contribution is 2.38. The molecule has 394 valence electrons. The summed E-state index contributed by atoms with van der Waals surface area (Å²) in [6.07, 6.45) is -6.20. The van der Waals surface area contributed by atoms with Crippen LogP contribution in [0.1, 0.15) is 111 Å². The van der Waals surface area contributed by atoms with Gasteiger partial charge in [0.15, 0.2) is 18.7 Å². The van der Waals surface area contributed by atoms with Crippen molar-refractivity contribution in [2.75, 3.05) is 41.3 Å². The van der Waals surface area contributed by atoms with Gasteiger partial charge in [0, 0.05) is 50.9 Å². The molecule has 0 aliphatic carbocycles. The SMILES string of the molecule is CCC(=O)O[C@@H]1CC(=O)O[C@@H](CCCc2cnc3ccccc3c2)CCCN(C)C[C@H](O)[C@H](C)C[C@H](CC=O)[C@H](O[C@@H]2OC(C)[C@H](O[C@H]3CC(C)(O)[C@@H](OC(=O)CC)C(C)O3)C(N(C)C)C2O)[C@H]1OC. The molecule has 18 heteroatoms. The van der Waals surface area contributed by atoms with E-state index >= 15 is 0 Å². The number of cyclic esters (lactones) is 1. The van der Waals surface area contributed by atoms with Crippen molar-refractivity contribution in [1.29, 1.82) is 0 Å². The third-order valence-electron chi connectivity index (χ3n) is 14.1. The molecule has 0 amide bonds. The van der Waals surface area contributed by atoms with Crippen LogP contribution in [0.5, 0.6) is 0 Å². The molecule has 5 rings (SSSR count). The second kappa shape index (κ2) is 26.8. The number of hydrogen-bond donors (Lipinski definition) is 3. The molecule has 0 spiro atoms. The lowest BCUT2D eigenvalue weighted by atomic mass is 9.82. The summed E-state index contributed by atoms with van der Waals surface area (Å²) in [7, 11) is 6.85. The van der Waals surface area contributed by atoms with E-state index in [0.29, 0.717) is 38.8 Å². The van der Waals surface area contributed by atoms with Crippen LogP contribution in [-0.4, -0.2) is 181 Å². The fourth-order valence-electron chi connectivity index (χ4n) is 10.3. The standard InChI is InChI=1S/C52H81N3O15/c1-11-41(58)67-40-27-43(60)66-37(19-15-17-34-26-35-18-13-14-21-38(35)53-29-34)20-16-23-55(9)30-39(57)31(3)25-36(22-24-56)48(49(40)63-10)70-51-46(61)45(54(7)8)47(32(4)65-51)69-44-28-52(6,62)50(33(5)64-44)68-42(59)12-2/h13-14,18,21,24,26,29,31-33,36-37,39-40,44-51,57,61-62H,11-12,15-17,19-20,22-23,25,27-28,30H2,1-10H3/t31-,32?,33?,36+,37+,39+,40-,44+,45?,46?,47+,48+,49+,50+,51+,52?/m1/s1. The quantitative estimate of drug-likeness (QED) is 0.119. The van der Waals surface area contributed by atoms with E-state index in [1.165, 1.54) is 7.11 Å². The number of ether oxygens (including phenoxy) is 8. The zero-order valence-electron chi connectivity index (χ0n) is 43.0. The van der Waals surface area contributed by atoms with Gasteiger partial charge >= 0.3 is 17.9 Å². The number of esters is 3. The summed E-state index contributed by atoms with van der Waals surface area (Å²) >= 11 is 0. The van der Waals surface area contributed by atoms with Gasteiger partial charge in [-0.3, -0.25) is 19.4 Å². The van der Waals surface area contributed by atoms with Gasteiger partial charge in [0.1, 0.15) is 42.4 Å². The third kappa shape index (κ3) is 15.7. The Bertz CT molecular complexity index is 1970. The molecular weight excluding hydrogens is 907 g/mol. The molecule has 0 radical (unpaired) electrons. The number of aliphatic hydroxyl groups is 3. The lowest BCUT2D eigenvalue weighted by Gasteiger charge is -2.50. The smallest absolute Gasteiger partial charge is 0.309 e. The van der Waals surface area contributed by atoms with Crippen molar-refractivity contribution >= 4 is 35.1 Å². The second-order valence-corrected chi connectivity index (χ2v) is 20.1.